The summed E-state index contributed by atoms with van der Waals surface area (Å²) in [6.45, 7) is 5.09. The molecule has 0 aliphatic heterocycles. The first kappa shape index (κ1) is 11.5. The molecule has 0 aliphatic rings. The standard InChI is InChI=1S/C13H13FN2O/c1-8-13(10(3)17)9(2)16(15-8)12-6-4-5-11(14)7-12/h4-7H,1-3H3. The summed E-state index contributed by atoms with van der Waals surface area (Å²) in [7, 11) is 0. The summed E-state index contributed by atoms with van der Waals surface area (Å²) in [4.78, 5) is 11.5. The number of aryl methyl sites for hydroxylation is 1. The number of carbonyl (C=O) groups excluding carboxylic acids is 1. The van der Waals surface area contributed by atoms with Gasteiger partial charge in [-0.25, -0.2) is 9.07 Å². The Balaban J connectivity index is 2.62. The summed E-state index contributed by atoms with van der Waals surface area (Å²) in [5, 5.41) is 4.27. The maximum atomic E-state index is 13.1. The van der Waals surface area contributed by atoms with Crippen LogP contribution in [0.4, 0.5) is 4.39 Å². The lowest BCUT2D eigenvalue weighted by molar-refractivity contribution is 0.101. The van der Waals surface area contributed by atoms with E-state index in [1.807, 2.05) is 6.92 Å². The molecule has 1 aromatic carbocycles. The highest BCUT2D eigenvalue weighted by Gasteiger charge is 2.16. The molecule has 0 amide bonds. The molecule has 0 aliphatic carbocycles. The van der Waals surface area contributed by atoms with Crippen molar-refractivity contribution in [2.45, 2.75) is 20.8 Å². The van der Waals surface area contributed by atoms with Crippen LogP contribution in [0.25, 0.3) is 5.69 Å². The Morgan fingerprint density at radius 1 is 1.35 bits per heavy atom. The number of aromatic nitrogens is 2. The zero-order valence-electron chi connectivity index (χ0n) is 9.99. The van der Waals surface area contributed by atoms with Gasteiger partial charge in [0.2, 0.25) is 0 Å². The van der Waals surface area contributed by atoms with Gasteiger partial charge in [-0.3, -0.25) is 4.79 Å². The molecule has 2 aromatic rings. The van der Waals surface area contributed by atoms with E-state index in [-0.39, 0.29) is 11.6 Å². The third-order valence-electron chi connectivity index (χ3n) is 2.70. The van der Waals surface area contributed by atoms with E-state index in [0.29, 0.717) is 16.9 Å². The van der Waals surface area contributed by atoms with E-state index in [4.69, 9.17) is 0 Å². The van der Waals surface area contributed by atoms with Crippen LogP contribution in [0, 0.1) is 19.7 Å². The molecule has 1 aromatic heterocycles. The first-order chi connectivity index (χ1) is 8.00. The van der Waals surface area contributed by atoms with Crippen LogP contribution < -0.4 is 0 Å². The Bertz CT molecular complexity index is 587. The van der Waals surface area contributed by atoms with Gasteiger partial charge in [0, 0.05) is 0 Å². The number of Topliss-reactive ketones (excluding diaryl/α,β-unsaturated/α-hetero) is 1. The van der Waals surface area contributed by atoms with E-state index in [1.54, 1.807) is 23.7 Å². The molecule has 2 rings (SSSR count). The van der Waals surface area contributed by atoms with Crippen molar-refractivity contribution < 1.29 is 9.18 Å². The number of halogens is 1. The second kappa shape index (κ2) is 4.13. The summed E-state index contributed by atoms with van der Waals surface area (Å²) in [5.74, 6) is -0.345. The molecule has 0 atom stereocenters. The van der Waals surface area contributed by atoms with Gasteiger partial charge in [0.1, 0.15) is 5.82 Å². The van der Waals surface area contributed by atoms with Crippen molar-refractivity contribution in [2.75, 3.05) is 0 Å². The Morgan fingerprint density at radius 2 is 2.06 bits per heavy atom. The molecule has 0 bridgehead atoms. The minimum absolute atomic E-state index is 0.0253. The first-order valence-corrected chi connectivity index (χ1v) is 5.34. The molecule has 17 heavy (non-hydrogen) atoms. The molecule has 0 saturated heterocycles. The lowest BCUT2D eigenvalue weighted by Gasteiger charge is -2.04. The van der Waals surface area contributed by atoms with E-state index in [0.717, 1.165) is 5.69 Å². The molecule has 0 radical (unpaired) electrons. The van der Waals surface area contributed by atoms with Gasteiger partial charge >= 0.3 is 0 Å². The zero-order valence-corrected chi connectivity index (χ0v) is 9.99. The fourth-order valence-electron chi connectivity index (χ4n) is 2.01. The molecular formula is C13H13FN2O. The predicted octanol–water partition coefficient (Wildman–Crippen LogP) is 2.83. The van der Waals surface area contributed by atoms with Crippen LogP contribution in [0.1, 0.15) is 28.7 Å². The van der Waals surface area contributed by atoms with Crippen LogP contribution >= 0.6 is 0 Å². The number of benzene rings is 1. The molecular weight excluding hydrogens is 219 g/mol. The third-order valence-corrected chi connectivity index (χ3v) is 2.70. The summed E-state index contributed by atoms with van der Waals surface area (Å²) in [6, 6.07) is 6.14. The van der Waals surface area contributed by atoms with Gasteiger partial charge in [-0.2, -0.15) is 5.10 Å². The molecule has 0 spiro atoms. The molecule has 0 saturated carbocycles. The van der Waals surface area contributed by atoms with Gasteiger partial charge in [0.05, 0.1) is 22.6 Å². The molecule has 0 fully saturated rings. The molecule has 0 unspecified atom stereocenters. The van der Waals surface area contributed by atoms with Crippen molar-refractivity contribution in [2.24, 2.45) is 0 Å². The maximum absolute atomic E-state index is 13.1. The molecule has 3 nitrogen and oxygen atoms in total. The number of rotatable bonds is 2. The lowest BCUT2D eigenvalue weighted by Crippen LogP contribution is -2.01. The van der Waals surface area contributed by atoms with Crippen molar-refractivity contribution in [1.82, 2.24) is 9.78 Å². The molecule has 88 valence electrons. The Kier molecular flexibility index (Phi) is 2.79. The van der Waals surface area contributed by atoms with Crippen LogP contribution in [0.2, 0.25) is 0 Å². The average Bonchev–Trinajstić information content (AvgIpc) is 2.54. The maximum Gasteiger partial charge on any atom is 0.163 e. The number of ketones is 1. The topological polar surface area (TPSA) is 34.9 Å². The van der Waals surface area contributed by atoms with Gasteiger partial charge in [0.15, 0.2) is 5.78 Å². The summed E-state index contributed by atoms with van der Waals surface area (Å²) >= 11 is 0. The molecule has 4 heteroatoms. The average molecular weight is 232 g/mol. The predicted molar refractivity (Wildman–Crippen MR) is 63.0 cm³/mol. The summed E-state index contributed by atoms with van der Waals surface area (Å²) < 4.78 is 14.7. The third kappa shape index (κ3) is 1.98. The molecule has 0 N–H and O–H groups in total. The van der Waals surface area contributed by atoms with E-state index < -0.39 is 0 Å². The van der Waals surface area contributed by atoms with Crippen molar-refractivity contribution >= 4 is 5.78 Å². The summed E-state index contributed by atoms with van der Waals surface area (Å²) in [6.07, 6.45) is 0. The fourth-order valence-corrected chi connectivity index (χ4v) is 2.01. The van der Waals surface area contributed by atoms with Crippen molar-refractivity contribution in [3.05, 3.63) is 47.0 Å². The SMILES string of the molecule is CC(=O)c1c(C)nn(-c2cccc(F)c2)c1C. The second-order valence-electron chi connectivity index (χ2n) is 3.99. The quantitative estimate of drug-likeness (QED) is 0.746. The highest BCUT2D eigenvalue weighted by Crippen LogP contribution is 2.18. The van der Waals surface area contributed by atoms with E-state index >= 15 is 0 Å². The number of carbonyl (C=O) groups is 1. The largest absolute Gasteiger partial charge is 0.294 e. The van der Waals surface area contributed by atoms with Gasteiger partial charge in [0.25, 0.3) is 0 Å². The first-order valence-electron chi connectivity index (χ1n) is 5.34. The zero-order chi connectivity index (χ0) is 12.6. The Morgan fingerprint density at radius 3 is 2.59 bits per heavy atom. The van der Waals surface area contributed by atoms with Crippen molar-refractivity contribution in [3.63, 3.8) is 0 Å². The van der Waals surface area contributed by atoms with Gasteiger partial charge in [-0.1, -0.05) is 6.07 Å². The number of hydrogen-bond acceptors (Lipinski definition) is 2. The number of hydrogen-bond donors (Lipinski definition) is 0. The molecule has 1 heterocycles. The smallest absolute Gasteiger partial charge is 0.163 e. The van der Waals surface area contributed by atoms with Gasteiger partial charge in [-0.05, 0) is 39.0 Å². The van der Waals surface area contributed by atoms with Gasteiger partial charge in [-0.15, -0.1) is 0 Å². The van der Waals surface area contributed by atoms with Gasteiger partial charge < -0.3 is 0 Å². The minimum atomic E-state index is -0.320. The van der Waals surface area contributed by atoms with E-state index in [1.165, 1.54) is 19.1 Å². The van der Waals surface area contributed by atoms with Crippen LogP contribution in [-0.2, 0) is 0 Å². The van der Waals surface area contributed by atoms with Crippen LogP contribution in [0.3, 0.4) is 0 Å². The monoisotopic (exact) mass is 232 g/mol. The normalized spacial score (nSPS) is 10.6. The number of nitrogens with zero attached hydrogens (tertiary/aromatic N) is 2. The van der Waals surface area contributed by atoms with E-state index in [2.05, 4.69) is 5.10 Å². The lowest BCUT2D eigenvalue weighted by atomic mass is 10.1. The van der Waals surface area contributed by atoms with Crippen molar-refractivity contribution in [1.29, 1.82) is 0 Å². The highest BCUT2D eigenvalue weighted by molar-refractivity contribution is 5.96. The van der Waals surface area contributed by atoms with Crippen LogP contribution in [-0.4, -0.2) is 15.6 Å². The minimum Gasteiger partial charge on any atom is -0.294 e. The second-order valence-corrected chi connectivity index (χ2v) is 3.99. The Labute approximate surface area is 98.9 Å². The van der Waals surface area contributed by atoms with Crippen molar-refractivity contribution in [3.8, 4) is 5.69 Å². The highest BCUT2D eigenvalue weighted by atomic mass is 19.1. The Hall–Kier alpha value is -1.97. The van der Waals surface area contributed by atoms with Crippen LogP contribution in [0.5, 0.6) is 0 Å². The van der Waals surface area contributed by atoms with E-state index in [9.17, 15) is 9.18 Å². The fraction of sp³-hybridized carbons (Fsp3) is 0.231. The van der Waals surface area contributed by atoms with Crippen LogP contribution in [0.15, 0.2) is 24.3 Å². The summed E-state index contributed by atoms with van der Waals surface area (Å²) in [5.41, 5.74) is 2.63.